The van der Waals surface area contributed by atoms with E-state index >= 15 is 0 Å². The van der Waals surface area contributed by atoms with Crippen molar-refractivity contribution in [3.63, 3.8) is 0 Å². The summed E-state index contributed by atoms with van der Waals surface area (Å²) in [6.07, 6.45) is 0. The van der Waals surface area contributed by atoms with Gasteiger partial charge < -0.3 is 18.2 Å². The summed E-state index contributed by atoms with van der Waals surface area (Å²) in [7, 11) is -10.3. The third-order valence-electron chi connectivity index (χ3n) is 0. The molecule has 0 bridgehead atoms. The predicted molar refractivity (Wildman–Crippen MR) is 26.7 cm³/mol. The van der Waals surface area contributed by atoms with Gasteiger partial charge in [-0.1, -0.05) is 0 Å². The van der Waals surface area contributed by atoms with Crippen LogP contribution in [0, 0.1) is 0 Å². The summed E-state index contributed by atoms with van der Waals surface area (Å²) in [4.78, 5) is 0. The third-order valence-corrected chi connectivity index (χ3v) is 0. The second-order valence-electron chi connectivity index (χ2n) is 0.816. The zero-order valence-electron chi connectivity index (χ0n) is 4.79. The van der Waals surface area contributed by atoms with E-state index in [9.17, 15) is 0 Å². The van der Waals surface area contributed by atoms with E-state index < -0.39 is 20.8 Å². The summed E-state index contributed by atoms with van der Waals surface area (Å²) in [5.41, 5.74) is 0. The Kier molecular flexibility index (Phi) is 16.1. The van der Waals surface area contributed by atoms with Crippen LogP contribution in [0.3, 0.4) is 0 Å². The van der Waals surface area contributed by atoms with Crippen molar-refractivity contribution >= 4 is 37.9 Å². The van der Waals surface area contributed by atoms with Gasteiger partial charge in [0.15, 0.2) is 0 Å². The summed E-state index contributed by atoms with van der Waals surface area (Å²) in [6.45, 7) is 0. The van der Waals surface area contributed by atoms with Crippen molar-refractivity contribution in [1.29, 1.82) is 0 Å². The minimum atomic E-state index is -5.17. The molecule has 12 heteroatoms. The Labute approximate surface area is 89.8 Å². The van der Waals surface area contributed by atoms with Crippen LogP contribution in [0.2, 0.25) is 0 Å². The molecular formula is CuO8S2Se. The van der Waals surface area contributed by atoms with Gasteiger partial charge >= 0.3 is 34.1 Å². The molecule has 0 amide bonds. The molecule has 0 saturated heterocycles. The van der Waals surface area contributed by atoms with Gasteiger partial charge in [0, 0.05) is 20.8 Å². The van der Waals surface area contributed by atoms with Crippen molar-refractivity contribution in [2.45, 2.75) is 0 Å². The van der Waals surface area contributed by atoms with E-state index in [1.807, 2.05) is 0 Å². The second kappa shape index (κ2) is 8.38. The smallest absolute Gasteiger partial charge is 0.759 e. The quantitative estimate of drug-likeness (QED) is 0.256. The van der Waals surface area contributed by atoms with E-state index in [1.165, 1.54) is 0 Å². The van der Waals surface area contributed by atoms with Crippen LogP contribution in [0.15, 0.2) is 0 Å². The fourth-order valence-electron chi connectivity index (χ4n) is 0. The molecule has 0 aliphatic heterocycles. The van der Waals surface area contributed by atoms with Crippen molar-refractivity contribution in [2.75, 3.05) is 0 Å². The Morgan fingerprint density at radius 3 is 0.667 bits per heavy atom. The number of hydrogen-bond acceptors (Lipinski definition) is 8. The van der Waals surface area contributed by atoms with Gasteiger partial charge in [-0.2, -0.15) is 0 Å². The normalized spacial score (nSPS) is 9.67. The molecule has 0 aromatic carbocycles. The average Bonchev–Trinajstić information content (AvgIpc) is 1.12. The molecule has 0 aliphatic carbocycles. The van der Waals surface area contributed by atoms with Gasteiger partial charge in [-0.3, -0.25) is 16.8 Å². The van der Waals surface area contributed by atoms with Gasteiger partial charge in [-0.25, -0.2) is 0 Å². The Bertz CT molecular complexity index is 213. The Hall–Kier alpha value is 0.779. The SMILES string of the molecule is O=S(=O)([O-])[O-].O=S(=O)([O-])[O-].[Cu+2].[Se+2]. The zero-order valence-corrected chi connectivity index (χ0v) is 9.08. The maximum Gasteiger partial charge on any atom is 2.00 e. The molecule has 0 unspecified atom stereocenters. The van der Waals surface area contributed by atoms with Crippen molar-refractivity contribution in [3.8, 4) is 0 Å². The van der Waals surface area contributed by atoms with Crippen LogP contribution in [0.25, 0.3) is 0 Å². The van der Waals surface area contributed by atoms with E-state index in [2.05, 4.69) is 0 Å². The number of rotatable bonds is 0. The van der Waals surface area contributed by atoms with E-state index in [0.717, 1.165) is 0 Å². The van der Waals surface area contributed by atoms with E-state index in [-0.39, 0.29) is 34.1 Å². The standard InChI is InChI=1S/Cu.2H2O4S.Se/c;2*1-5(2,3)4;/h;2*(H2,1,2,3,4);/q+2;;;+2/p-4. The van der Waals surface area contributed by atoms with Crippen molar-refractivity contribution < 1.29 is 52.1 Å². The van der Waals surface area contributed by atoms with Crippen LogP contribution in [0.5, 0.6) is 0 Å². The molecule has 0 heterocycles. The van der Waals surface area contributed by atoms with Crippen molar-refractivity contribution in [2.24, 2.45) is 0 Å². The molecule has 77 valence electrons. The molecule has 0 atom stereocenters. The summed E-state index contributed by atoms with van der Waals surface area (Å²) >= 11 is 0. The molecular weight excluding hydrogens is 335 g/mol. The van der Waals surface area contributed by atoms with Crippen LogP contribution in [0.4, 0.5) is 0 Å². The first-order chi connectivity index (χ1) is 4.00. The average molecular weight is 335 g/mol. The molecule has 5 radical (unpaired) electrons. The van der Waals surface area contributed by atoms with Crippen LogP contribution in [-0.4, -0.2) is 52.1 Å². The van der Waals surface area contributed by atoms with Gasteiger partial charge in [-0.15, -0.1) is 0 Å². The second-order valence-corrected chi connectivity index (χ2v) is 2.45. The molecule has 0 fully saturated rings. The third kappa shape index (κ3) is 1700. The fourth-order valence-corrected chi connectivity index (χ4v) is 0. The van der Waals surface area contributed by atoms with Gasteiger partial charge in [-0.05, 0) is 0 Å². The molecule has 0 spiro atoms. The molecule has 12 heavy (non-hydrogen) atoms. The summed E-state index contributed by atoms with van der Waals surface area (Å²) in [5, 5.41) is 0. The first-order valence-corrected chi connectivity index (χ1v) is 4.00. The molecule has 0 aromatic heterocycles. The molecule has 8 nitrogen and oxygen atoms in total. The van der Waals surface area contributed by atoms with Crippen molar-refractivity contribution in [1.82, 2.24) is 0 Å². The first-order valence-electron chi connectivity index (χ1n) is 1.33. The minimum absolute atomic E-state index is 0. The van der Waals surface area contributed by atoms with Gasteiger partial charge in [0.2, 0.25) is 0 Å². The molecule has 0 aromatic rings. The van der Waals surface area contributed by atoms with E-state index in [0.29, 0.717) is 0 Å². The summed E-state index contributed by atoms with van der Waals surface area (Å²) in [6, 6.07) is 0. The van der Waals surface area contributed by atoms with E-state index in [1.54, 1.807) is 0 Å². The molecule has 0 saturated carbocycles. The molecule has 0 N–H and O–H groups in total. The molecule has 0 rings (SSSR count). The topological polar surface area (TPSA) is 161 Å². The Morgan fingerprint density at radius 2 is 0.667 bits per heavy atom. The van der Waals surface area contributed by atoms with Crippen LogP contribution in [0.1, 0.15) is 0 Å². The zero-order chi connectivity index (χ0) is 9.00. The monoisotopic (exact) mass is 335 g/mol. The van der Waals surface area contributed by atoms with Crippen LogP contribution < -0.4 is 0 Å². The Balaban J connectivity index is -0.0000000457. The molecule has 0 aliphatic rings. The summed E-state index contributed by atoms with van der Waals surface area (Å²) < 4.78 is 68.2. The van der Waals surface area contributed by atoms with Gasteiger partial charge in [0.25, 0.3) is 0 Å². The minimum Gasteiger partial charge on any atom is -0.759 e. The van der Waals surface area contributed by atoms with Crippen LogP contribution >= 0.6 is 0 Å². The predicted octanol–water partition coefficient (Wildman–Crippen LogP) is -3.06. The van der Waals surface area contributed by atoms with Gasteiger partial charge in [0.1, 0.15) is 0 Å². The maximum absolute atomic E-state index is 8.52. The van der Waals surface area contributed by atoms with Gasteiger partial charge in [0.05, 0.1) is 0 Å². The van der Waals surface area contributed by atoms with Crippen molar-refractivity contribution in [3.05, 3.63) is 0 Å². The van der Waals surface area contributed by atoms with E-state index in [4.69, 9.17) is 35.0 Å². The summed E-state index contributed by atoms with van der Waals surface area (Å²) in [5.74, 6) is 0. The number of hydrogen-bond donors (Lipinski definition) is 0. The largest absolute Gasteiger partial charge is 2.00 e. The fraction of sp³-hybridized carbons (Fsp3) is 0. The maximum atomic E-state index is 8.52. The first kappa shape index (κ1) is 23.0. The Morgan fingerprint density at radius 1 is 0.667 bits per heavy atom. The van der Waals surface area contributed by atoms with Crippen LogP contribution in [-0.2, 0) is 37.9 Å².